The van der Waals surface area contributed by atoms with Crippen molar-refractivity contribution < 1.29 is 23.9 Å². The van der Waals surface area contributed by atoms with Crippen molar-refractivity contribution in [3.63, 3.8) is 0 Å². The molecule has 4 aromatic rings. The van der Waals surface area contributed by atoms with Gasteiger partial charge in [-0.3, -0.25) is 14.4 Å². The highest BCUT2D eigenvalue weighted by molar-refractivity contribution is 8.00. The molecule has 0 aliphatic carbocycles. The van der Waals surface area contributed by atoms with E-state index < -0.39 is 11.8 Å². The molecule has 3 amide bonds. The predicted octanol–water partition coefficient (Wildman–Crippen LogP) is 6.21. The summed E-state index contributed by atoms with van der Waals surface area (Å²) in [6.45, 7) is 0.159. The van der Waals surface area contributed by atoms with Crippen LogP contribution in [-0.2, 0) is 9.59 Å². The predicted molar refractivity (Wildman–Crippen MR) is 160 cm³/mol. The average molecular weight is 586 g/mol. The van der Waals surface area contributed by atoms with Gasteiger partial charge < -0.3 is 25.4 Å². The molecule has 10 heteroatoms. The zero-order chi connectivity index (χ0) is 28.6. The summed E-state index contributed by atoms with van der Waals surface area (Å²) in [7, 11) is 0. The summed E-state index contributed by atoms with van der Waals surface area (Å²) in [4.78, 5) is 39.5. The van der Waals surface area contributed by atoms with Crippen LogP contribution in [0.1, 0.15) is 15.9 Å². The second kappa shape index (κ2) is 13.1. The second-order valence-corrected chi connectivity index (χ2v) is 10.3. The lowest BCUT2D eigenvalue weighted by Gasteiger charge is -2.12. The van der Waals surface area contributed by atoms with E-state index in [1.54, 1.807) is 97.1 Å². The molecule has 0 spiro atoms. The number of anilines is 2. The largest absolute Gasteiger partial charge is 0.454 e. The molecule has 0 atom stereocenters. The number of carbonyl (C=O) groups is 3. The van der Waals surface area contributed by atoms with E-state index in [2.05, 4.69) is 16.0 Å². The molecule has 206 valence electrons. The summed E-state index contributed by atoms with van der Waals surface area (Å²) >= 11 is 7.43. The third kappa shape index (κ3) is 7.69. The molecule has 41 heavy (non-hydrogen) atoms. The standard InChI is InChI=1S/C31H24ClN3O5S/c32-22-9-4-6-20(14-22)15-26(35-30(37)21-7-2-1-3-8-21)31(38)34-23-10-5-11-25(16-23)41-18-29(36)33-24-12-13-27-28(17-24)40-19-39-27/h1-17H,18-19H2,(H,33,36)(H,34,38)(H,35,37)/b26-15-. The average Bonchev–Trinajstić information content (AvgIpc) is 3.44. The van der Waals surface area contributed by atoms with Crippen molar-refractivity contribution in [2.45, 2.75) is 4.90 Å². The van der Waals surface area contributed by atoms with E-state index in [0.717, 1.165) is 4.90 Å². The van der Waals surface area contributed by atoms with E-state index >= 15 is 0 Å². The quantitative estimate of drug-likeness (QED) is 0.159. The Labute approximate surface area is 245 Å². The van der Waals surface area contributed by atoms with Gasteiger partial charge in [-0.2, -0.15) is 0 Å². The zero-order valence-electron chi connectivity index (χ0n) is 21.6. The highest BCUT2D eigenvalue weighted by atomic mass is 35.5. The third-order valence-electron chi connectivity index (χ3n) is 5.81. The molecule has 1 heterocycles. The number of nitrogens with one attached hydrogen (secondary N) is 3. The molecule has 0 saturated heterocycles. The Morgan fingerprint density at radius 3 is 2.41 bits per heavy atom. The Bertz CT molecular complexity index is 1630. The summed E-state index contributed by atoms with van der Waals surface area (Å²) in [5.41, 5.74) is 2.21. The summed E-state index contributed by atoms with van der Waals surface area (Å²) in [5.74, 6) is 0.241. The molecule has 3 N–H and O–H groups in total. The number of rotatable bonds is 9. The van der Waals surface area contributed by atoms with Gasteiger partial charge in [-0.25, -0.2) is 0 Å². The minimum Gasteiger partial charge on any atom is -0.454 e. The monoisotopic (exact) mass is 585 g/mol. The van der Waals surface area contributed by atoms with E-state index in [0.29, 0.717) is 39.0 Å². The number of fused-ring (bicyclic) bond motifs is 1. The van der Waals surface area contributed by atoms with Crippen LogP contribution < -0.4 is 25.4 Å². The lowest BCUT2D eigenvalue weighted by Crippen LogP contribution is -2.30. The second-order valence-electron chi connectivity index (χ2n) is 8.82. The van der Waals surface area contributed by atoms with Crippen LogP contribution in [0.4, 0.5) is 11.4 Å². The zero-order valence-corrected chi connectivity index (χ0v) is 23.1. The highest BCUT2D eigenvalue weighted by Crippen LogP contribution is 2.34. The number of benzene rings is 4. The Hall–Kier alpha value is -4.73. The van der Waals surface area contributed by atoms with Crippen LogP contribution in [0.5, 0.6) is 11.5 Å². The van der Waals surface area contributed by atoms with Crippen LogP contribution in [0, 0.1) is 0 Å². The third-order valence-corrected chi connectivity index (χ3v) is 7.04. The number of halogens is 1. The smallest absolute Gasteiger partial charge is 0.272 e. The van der Waals surface area contributed by atoms with Gasteiger partial charge in [0, 0.05) is 32.9 Å². The lowest BCUT2D eigenvalue weighted by atomic mass is 10.1. The van der Waals surface area contributed by atoms with Crippen LogP contribution in [0.3, 0.4) is 0 Å². The maximum absolute atomic E-state index is 13.3. The Balaban J connectivity index is 1.24. The number of hydrogen-bond acceptors (Lipinski definition) is 6. The molecular formula is C31H24ClN3O5S. The normalized spacial score (nSPS) is 12.0. The lowest BCUT2D eigenvalue weighted by molar-refractivity contribution is -0.114. The summed E-state index contributed by atoms with van der Waals surface area (Å²) in [6, 6.07) is 27.9. The number of thioether (sulfide) groups is 1. The maximum Gasteiger partial charge on any atom is 0.272 e. The summed E-state index contributed by atoms with van der Waals surface area (Å²) in [5, 5.41) is 8.88. The van der Waals surface area contributed by atoms with Crippen molar-refractivity contribution in [3.8, 4) is 11.5 Å². The SMILES string of the molecule is O=C(CSc1cccc(NC(=O)/C(=C/c2cccc(Cl)c2)NC(=O)c2ccccc2)c1)Nc1ccc2c(c1)OCO2. The molecule has 0 unspecified atom stereocenters. The fourth-order valence-corrected chi connectivity index (χ4v) is 4.84. The van der Waals surface area contributed by atoms with Gasteiger partial charge in [-0.15, -0.1) is 11.8 Å². The van der Waals surface area contributed by atoms with Gasteiger partial charge in [0.1, 0.15) is 5.70 Å². The van der Waals surface area contributed by atoms with Crippen LogP contribution in [0.25, 0.3) is 6.08 Å². The number of hydrogen-bond donors (Lipinski definition) is 3. The number of carbonyl (C=O) groups excluding carboxylic acids is 3. The Kier molecular flexibility index (Phi) is 8.88. The van der Waals surface area contributed by atoms with Crippen molar-refractivity contribution in [2.24, 2.45) is 0 Å². The van der Waals surface area contributed by atoms with Crippen LogP contribution >= 0.6 is 23.4 Å². The highest BCUT2D eigenvalue weighted by Gasteiger charge is 2.16. The van der Waals surface area contributed by atoms with Gasteiger partial charge in [0.05, 0.1) is 5.75 Å². The van der Waals surface area contributed by atoms with Gasteiger partial charge in [0.25, 0.3) is 11.8 Å². The Morgan fingerprint density at radius 1 is 0.805 bits per heavy atom. The van der Waals surface area contributed by atoms with E-state index in [4.69, 9.17) is 21.1 Å². The molecule has 1 aliphatic rings. The number of amides is 3. The molecule has 0 fully saturated rings. The van der Waals surface area contributed by atoms with E-state index in [1.165, 1.54) is 11.8 Å². The molecule has 0 radical (unpaired) electrons. The number of ether oxygens (including phenoxy) is 2. The van der Waals surface area contributed by atoms with Crippen LogP contribution in [-0.4, -0.2) is 30.3 Å². The molecule has 0 aromatic heterocycles. The van der Waals surface area contributed by atoms with Gasteiger partial charge in [-0.05, 0) is 66.2 Å². The van der Waals surface area contributed by atoms with Gasteiger partial charge in [-0.1, -0.05) is 48.0 Å². The minimum absolute atomic E-state index is 0.0438. The van der Waals surface area contributed by atoms with E-state index in [-0.39, 0.29) is 24.2 Å². The van der Waals surface area contributed by atoms with Crippen molar-refractivity contribution >= 4 is 58.5 Å². The fraction of sp³-hybridized carbons (Fsp3) is 0.0645. The van der Waals surface area contributed by atoms with Crippen molar-refractivity contribution in [2.75, 3.05) is 23.2 Å². The first kappa shape index (κ1) is 27.8. The van der Waals surface area contributed by atoms with Gasteiger partial charge >= 0.3 is 0 Å². The molecule has 8 nitrogen and oxygen atoms in total. The first-order valence-corrected chi connectivity index (χ1v) is 13.9. The topological polar surface area (TPSA) is 106 Å². The van der Waals surface area contributed by atoms with Gasteiger partial charge in [0.2, 0.25) is 12.7 Å². The van der Waals surface area contributed by atoms with Crippen molar-refractivity contribution in [1.29, 1.82) is 0 Å². The van der Waals surface area contributed by atoms with Gasteiger partial charge in [0.15, 0.2) is 11.5 Å². The fourth-order valence-electron chi connectivity index (χ4n) is 3.89. The van der Waals surface area contributed by atoms with E-state index in [9.17, 15) is 14.4 Å². The molecule has 4 aromatic carbocycles. The van der Waals surface area contributed by atoms with Crippen LogP contribution in [0.15, 0.2) is 108 Å². The molecule has 0 saturated carbocycles. The molecular weight excluding hydrogens is 562 g/mol. The summed E-state index contributed by atoms with van der Waals surface area (Å²) < 4.78 is 10.6. The van der Waals surface area contributed by atoms with Crippen LogP contribution in [0.2, 0.25) is 5.02 Å². The van der Waals surface area contributed by atoms with Crippen molar-refractivity contribution in [3.05, 3.63) is 119 Å². The molecule has 1 aliphatic heterocycles. The van der Waals surface area contributed by atoms with E-state index in [1.807, 2.05) is 6.07 Å². The first-order valence-electron chi connectivity index (χ1n) is 12.5. The first-order chi connectivity index (χ1) is 19.9. The summed E-state index contributed by atoms with van der Waals surface area (Å²) in [6.07, 6.45) is 1.56. The Morgan fingerprint density at radius 2 is 1.59 bits per heavy atom. The maximum atomic E-state index is 13.3. The van der Waals surface area contributed by atoms with Crippen molar-refractivity contribution in [1.82, 2.24) is 5.32 Å². The minimum atomic E-state index is -0.517. The molecule has 0 bridgehead atoms. The molecule has 5 rings (SSSR count).